The van der Waals surface area contributed by atoms with Crippen molar-refractivity contribution >= 4 is 0 Å². The summed E-state index contributed by atoms with van der Waals surface area (Å²) in [6.45, 7) is 9.56. The van der Waals surface area contributed by atoms with Gasteiger partial charge in [-0.15, -0.1) is 0 Å². The Hall–Kier alpha value is -2.28. The molecule has 0 unspecified atom stereocenters. The Balaban J connectivity index is 3.24. The van der Waals surface area contributed by atoms with Crippen LogP contribution in [0.2, 0.25) is 0 Å². The predicted molar refractivity (Wildman–Crippen MR) is 83.9 cm³/mol. The van der Waals surface area contributed by atoms with E-state index in [2.05, 4.69) is 25.3 Å². The normalized spacial score (nSPS) is 25.1. The van der Waals surface area contributed by atoms with E-state index in [1.165, 1.54) is 0 Å². The van der Waals surface area contributed by atoms with Crippen LogP contribution in [0, 0.1) is 0 Å². The Morgan fingerprint density at radius 2 is 2.00 bits per heavy atom. The maximum Gasteiger partial charge on any atom is 0.119 e. The van der Waals surface area contributed by atoms with Gasteiger partial charge in [0, 0.05) is 5.57 Å². The molecule has 1 aliphatic rings. The molecule has 0 saturated carbocycles. The predicted octanol–water partition coefficient (Wildman–Crippen LogP) is 5.12. The van der Waals surface area contributed by atoms with Crippen LogP contribution >= 0.6 is 0 Å². The van der Waals surface area contributed by atoms with Crippen molar-refractivity contribution in [3.8, 4) is 0 Å². The van der Waals surface area contributed by atoms with Gasteiger partial charge in [-0.2, -0.15) is 0 Å². The minimum absolute atomic E-state index is 0.234. The van der Waals surface area contributed by atoms with Gasteiger partial charge >= 0.3 is 0 Å². The summed E-state index contributed by atoms with van der Waals surface area (Å²) >= 11 is 0. The lowest BCUT2D eigenvalue weighted by Crippen LogP contribution is -1.96. The average molecular weight is 252 g/mol. The standard InChI is InChI=1S/C18H20O/c1-4-12-17(18(19)5-2)16-14-11-9-7-6-8-10-13-15(16)3/h4-10,12-14,19H,1,3,11H2,2H3/b8-6+,9-7-,13-10-,16-14-,17-12+,18-5+. The van der Waals surface area contributed by atoms with Crippen LogP contribution in [0.15, 0.2) is 96.4 Å². The quantitative estimate of drug-likeness (QED) is 0.546. The second-order valence-corrected chi connectivity index (χ2v) is 4.04. The highest BCUT2D eigenvalue weighted by molar-refractivity contribution is 5.57. The lowest BCUT2D eigenvalue weighted by molar-refractivity contribution is 0.424. The second kappa shape index (κ2) is 7.93. The molecule has 0 aliphatic heterocycles. The molecule has 0 heterocycles. The highest BCUT2D eigenvalue weighted by atomic mass is 16.3. The molecule has 1 aliphatic carbocycles. The molecule has 1 nitrogen and oxygen atoms in total. The summed E-state index contributed by atoms with van der Waals surface area (Å²) in [6, 6.07) is 0. The van der Waals surface area contributed by atoms with Gasteiger partial charge in [0.25, 0.3) is 0 Å². The van der Waals surface area contributed by atoms with E-state index in [9.17, 15) is 5.11 Å². The van der Waals surface area contributed by atoms with Gasteiger partial charge in [-0.25, -0.2) is 0 Å². The van der Waals surface area contributed by atoms with E-state index in [-0.39, 0.29) is 5.76 Å². The Morgan fingerprint density at radius 3 is 2.68 bits per heavy atom. The second-order valence-electron chi connectivity index (χ2n) is 4.04. The first-order valence-corrected chi connectivity index (χ1v) is 6.28. The zero-order chi connectivity index (χ0) is 14.1. The fourth-order valence-electron chi connectivity index (χ4n) is 1.73. The van der Waals surface area contributed by atoms with E-state index in [0.717, 1.165) is 23.1 Å². The van der Waals surface area contributed by atoms with E-state index < -0.39 is 0 Å². The molecule has 1 heteroatoms. The van der Waals surface area contributed by atoms with Crippen molar-refractivity contribution in [3.05, 3.63) is 96.4 Å². The third-order valence-electron chi connectivity index (χ3n) is 2.69. The molecule has 0 radical (unpaired) electrons. The lowest BCUT2D eigenvalue weighted by atomic mass is 9.94. The summed E-state index contributed by atoms with van der Waals surface area (Å²) in [5.74, 6) is 0.234. The van der Waals surface area contributed by atoms with Gasteiger partial charge < -0.3 is 5.11 Å². The third kappa shape index (κ3) is 4.47. The monoisotopic (exact) mass is 252 g/mol. The number of allylic oxidation sites excluding steroid dienone is 12. The van der Waals surface area contributed by atoms with E-state index in [4.69, 9.17) is 0 Å². The van der Waals surface area contributed by atoms with Crippen molar-refractivity contribution in [1.82, 2.24) is 0 Å². The Bertz CT molecular complexity index is 520. The molecule has 0 aromatic carbocycles. The molecular weight excluding hydrogens is 232 g/mol. The Labute approximate surface area is 115 Å². The molecule has 0 bridgehead atoms. The highest BCUT2D eigenvalue weighted by Gasteiger charge is 2.10. The van der Waals surface area contributed by atoms with Gasteiger partial charge in [-0.3, -0.25) is 0 Å². The van der Waals surface area contributed by atoms with Crippen molar-refractivity contribution in [2.24, 2.45) is 0 Å². The molecule has 0 spiro atoms. The Kier molecular flexibility index (Phi) is 6.17. The van der Waals surface area contributed by atoms with Gasteiger partial charge in [-0.05, 0) is 30.6 Å². The van der Waals surface area contributed by atoms with Crippen LogP contribution in [0.5, 0.6) is 0 Å². The molecular formula is C18H20O. The minimum atomic E-state index is 0.234. The number of hydrogen-bond donors (Lipinski definition) is 1. The van der Waals surface area contributed by atoms with Crippen LogP contribution in [0.1, 0.15) is 13.3 Å². The van der Waals surface area contributed by atoms with Crippen molar-refractivity contribution < 1.29 is 5.11 Å². The molecule has 1 rings (SSSR count). The summed E-state index contributed by atoms with van der Waals surface area (Å²) in [5.41, 5.74) is 2.53. The summed E-state index contributed by atoms with van der Waals surface area (Å²) in [6.07, 6.45) is 19.8. The maximum absolute atomic E-state index is 10.0. The van der Waals surface area contributed by atoms with E-state index in [1.54, 1.807) is 25.2 Å². The minimum Gasteiger partial charge on any atom is -0.508 e. The number of aliphatic hydroxyl groups is 1. The van der Waals surface area contributed by atoms with Crippen LogP contribution in [-0.2, 0) is 0 Å². The smallest absolute Gasteiger partial charge is 0.119 e. The molecule has 1 N–H and O–H groups in total. The number of hydrogen-bond acceptors (Lipinski definition) is 1. The van der Waals surface area contributed by atoms with Crippen LogP contribution in [0.25, 0.3) is 0 Å². The van der Waals surface area contributed by atoms with Crippen LogP contribution in [0.3, 0.4) is 0 Å². The van der Waals surface area contributed by atoms with Crippen LogP contribution in [0.4, 0.5) is 0 Å². The number of aliphatic hydroxyl groups excluding tert-OH is 1. The molecule has 0 aromatic rings. The van der Waals surface area contributed by atoms with Gasteiger partial charge in [0.2, 0.25) is 0 Å². The van der Waals surface area contributed by atoms with Crippen molar-refractivity contribution in [2.75, 3.05) is 0 Å². The SMILES string of the molecule is C=C/C=C(C1=C/C\C=C/C=C/C=C\C/1=C)/C(O)=C\C. The largest absolute Gasteiger partial charge is 0.508 e. The van der Waals surface area contributed by atoms with Gasteiger partial charge in [0.1, 0.15) is 5.76 Å². The fraction of sp³-hybridized carbons (Fsp3) is 0.111. The van der Waals surface area contributed by atoms with Crippen LogP contribution in [-0.4, -0.2) is 5.11 Å². The van der Waals surface area contributed by atoms with Gasteiger partial charge in [-0.1, -0.05) is 67.8 Å². The zero-order valence-corrected chi connectivity index (χ0v) is 11.3. The maximum atomic E-state index is 10.0. The lowest BCUT2D eigenvalue weighted by Gasteiger charge is -2.12. The van der Waals surface area contributed by atoms with Crippen molar-refractivity contribution in [1.29, 1.82) is 0 Å². The summed E-state index contributed by atoms with van der Waals surface area (Å²) in [5, 5.41) is 10.0. The topological polar surface area (TPSA) is 20.2 Å². The van der Waals surface area contributed by atoms with E-state index in [1.807, 2.05) is 30.4 Å². The third-order valence-corrected chi connectivity index (χ3v) is 2.69. The van der Waals surface area contributed by atoms with Crippen molar-refractivity contribution in [2.45, 2.75) is 13.3 Å². The first kappa shape index (κ1) is 14.8. The van der Waals surface area contributed by atoms with Crippen molar-refractivity contribution in [3.63, 3.8) is 0 Å². The van der Waals surface area contributed by atoms with E-state index in [0.29, 0.717) is 0 Å². The average Bonchev–Trinajstić information content (AvgIpc) is 2.43. The Morgan fingerprint density at radius 1 is 1.26 bits per heavy atom. The highest BCUT2D eigenvalue weighted by Crippen LogP contribution is 2.25. The molecule has 0 atom stereocenters. The number of rotatable bonds is 3. The summed E-state index contributed by atoms with van der Waals surface area (Å²) in [7, 11) is 0. The summed E-state index contributed by atoms with van der Waals surface area (Å²) in [4.78, 5) is 0. The molecule has 98 valence electrons. The molecule has 0 fully saturated rings. The zero-order valence-electron chi connectivity index (χ0n) is 11.3. The molecule has 0 saturated heterocycles. The van der Waals surface area contributed by atoms with Gasteiger partial charge in [0.15, 0.2) is 0 Å². The molecule has 0 aromatic heterocycles. The first-order chi connectivity index (χ1) is 9.20. The summed E-state index contributed by atoms with van der Waals surface area (Å²) < 4.78 is 0. The fourth-order valence-corrected chi connectivity index (χ4v) is 1.73. The molecule has 0 amide bonds. The van der Waals surface area contributed by atoms with E-state index >= 15 is 0 Å². The molecule has 19 heavy (non-hydrogen) atoms. The van der Waals surface area contributed by atoms with Gasteiger partial charge in [0.05, 0.1) is 0 Å². The first-order valence-electron chi connectivity index (χ1n) is 6.28. The van der Waals surface area contributed by atoms with Crippen LogP contribution < -0.4 is 0 Å².